The van der Waals surface area contributed by atoms with Gasteiger partial charge in [0.1, 0.15) is 5.03 Å². The summed E-state index contributed by atoms with van der Waals surface area (Å²) in [5.41, 5.74) is 2.41. The van der Waals surface area contributed by atoms with Gasteiger partial charge in [0.2, 0.25) is 5.91 Å². The van der Waals surface area contributed by atoms with Crippen LogP contribution in [-0.4, -0.2) is 39.6 Å². The SMILES string of the molecule is Cc1nc2ccccc2nc1SCC(=O)N(CCC#N)CCC#N. The summed E-state index contributed by atoms with van der Waals surface area (Å²) >= 11 is 1.33. The number of thioether (sulfide) groups is 1. The van der Waals surface area contributed by atoms with Crippen LogP contribution < -0.4 is 0 Å². The Balaban J connectivity index is 2.05. The lowest BCUT2D eigenvalue weighted by Crippen LogP contribution is -2.34. The molecule has 0 atom stereocenters. The lowest BCUT2D eigenvalue weighted by molar-refractivity contribution is -0.128. The van der Waals surface area contributed by atoms with Crippen LogP contribution in [0.25, 0.3) is 11.0 Å². The zero-order valence-corrected chi connectivity index (χ0v) is 14.2. The number of carbonyl (C=O) groups is 1. The summed E-state index contributed by atoms with van der Waals surface area (Å²) in [6.07, 6.45) is 0.521. The molecule has 122 valence electrons. The maximum atomic E-state index is 12.3. The van der Waals surface area contributed by atoms with E-state index in [1.54, 1.807) is 4.90 Å². The van der Waals surface area contributed by atoms with Gasteiger partial charge in [-0.1, -0.05) is 23.9 Å². The van der Waals surface area contributed by atoms with Crippen molar-refractivity contribution >= 4 is 28.7 Å². The van der Waals surface area contributed by atoms with E-state index in [0.29, 0.717) is 13.1 Å². The van der Waals surface area contributed by atoms with E-state index in [-0.39, 0.29) is 24.5 Å². The molecular weight excluding hydrogens is 322 g/mol. The monoisotopic (exact) mass is 339 g/mol. The Morgan fingerprint density at radius 1 is 1.12 bits per heavy atom. The van der Waals surface area contributed by atoms with E-state index in [4.69, 9.17) is 10.5 Å². The van der Waals surface area contributed by atoms with Crippen molar-refractivity contribution in [3.8, 4) is 12.1 Å². The van der Waals surface area contributed by atoms with Gasteiger partial charge in [0.15, 0.2) is 0 Å². The number of para-hydroxylation sites is 2. The molecule has 7 heteroatoms. The van der Waals surface area contributed by atoms with Crippen LogP contribution >= 0.6 is 11.8 Å². The predicted molar refractivity (Wildman–Crippen MR) is 92.0 cm³/mol. The quantitative estimate of drug-likeness (QED) is 0.720. The molecule has 24 heavy (non-hydrogen) atoms. The molecule has 0 bridgehead atoms. The van der Waals surface area contributed by atoms with Gasteiger partial charge in [-0.25, -0.2) is 9.97 Å². The molecule has 0 N–H and O–H groups in total. The second kappa shape index (κ2) is 8.85. The van der Waals surface area contributed by atoms with Crippen molar-refractivity contribution in [2.24, 2.45) is 0 Å². The second-order valence-electron chi connectivity index (χ2n) is 5.09. The van der Waals surface area contributed by atoms with Gasteiger partial charge < -0.3 is 4.90 Å². The first-order valence-corrected chi connectivity index (χ1v) is 8.52. The van der Waals surface area contributed by atoms with Gasteiger partial charge >= 0.3 is 0 Å². The molecule has 0 aliphatic heterocycles. The standard InChI is InChI=1S/C17H17N5OS/c1-13-17(21-15-7-3-2-6-14(15)20-13)24-12-16(23)22(10-4-8-18)11-5-9-19/h2-3,6-7H,4-5,10-12H2,1H3. The van der Waals surface area contributed by atoms with Crippen molar-refractivity contribution in [1.82, 2.24) is 14.9 Å². The fourth-order valence-electron chi connectivity index (χ4n) is 2.16. The minimum atomic E-state index is -0.0974. The first-order valence-electron chi connectivity index (χ1n) is 7.53. The molecule has 0 spiro atoms. The minimum Gasteiger partial charge on any atom is -0.340 e. The summed E-state index contributed by atoms with van der Waals surface area (Å²) in [7, 11) is 0. The molecular formula is C17H17N5OS. The number of carbonyl (C=O) groups excluding carboxylic acids is 1. The Bertz CT molecular complexity index is 791. The number of amides is 1. The number of fused-ring (bicyclic) bond motifs is 1. The minimum absolute atomic E-state index is 0.0974. The fourth-order valence-corrected chi connectivity index (χ4v) is 3.02. The average Bonchev–Trinajstić information content (AvgIpc) is 2.59. The lowest BCUT2D eigenvalue weighted by Gasteiger charge is -2.20. The smallest absolute Gasteiger partial charge is 0.233 e. The fraction of sp³-hybridized carbons (Fsp3) is 0.353. The van der Waals surface area contributed by atoms with Crippen LogP contribution in [0.2, 0.25) is 0 Å². The summed E-state index contributed by atoms with van der Waals surface area (Å²) in [6.45, 7) is 2.56. The van der Waals surface area contributed by atoms with Crippen LogP contribution in [0.4, 0.5) is 0 Å². The number of rotatable bonds is 7. The molecule has 0 aliphatic rings. The molecule has 0 saturated carbocycles. The van der Waals surface area contributed by atoms with Gasteiger partial charge in [0.25, 0.3) is 0 Å². The van der Waals surface area contributed by atoms with Crippen LogP contribution in [-0.2, 0) is 4.79 Å². The molecule has 0 saturated heterocycles. The summed E-state index contributed by atoms with van der Waals surface area (Å²) in [5.74, 6) is 0.116. The van der Waals surface area contributed by atoms with Crippen molar-refractivity contribution in [3.05, 3.63) is 30.0 Å². The van der Waals surface area contributed by atoms with Gasteiger partial charge in [0, 0.05) is 13.1 Å². The molecule has 0 fully saturated rings. The van der Waals surface area contributed by atoms with E-state index in [0.717, 1.165) is 21.8 Å². The maximum absolute atomic E-state index is 12.3. The predicted octanol–water partition coefficient (Wildman–Crippen LogP) is 2.69. The molecule has 0 aliphatic carbocycles. The van der Waals surface area contributed by atoms with E-state index in [2.05, 4.69) is 9.97 Å². The number of aryl methyl sites for hydroxylation is 1. The summed E-state index contributed by atoms with van der Waals surface area (Å²) in [4.78, 5) is 23.0. The summed E-state index contributed by atoms with van der Waals surface area (Å²) in [6, 6.07) is 11.7. The van der Waals surface area contributed by atoms with E-state index in [1.165, 1.54) is 11.8 Å². The van der Waals surface area contributed by atoms with Gasteiger partial charge in [-0.05, 0) is 19.1 Å². The van der Waals surface area contributed by atoms with Crippen molar-refractivity contribution in [2.45, 2.75) is 24.8 Å². The highest BCUT2D eigenvalue weighted by molar-refractivity contribution is 7.99. The van der Waals surface area contributed by atoms with Crippen LogP contribution in [0.3, 0.4) is 0 Å². The van der Waals surface area contributed by atoms with E-state index in [9.17, 15) is 4.79 Å². The molecule has 2 aromatic rings. The molecule has 1 aromatic carbocycles. The third kappa shape index (κ3) is 4.68. The number of hydrogen-bond acceptors (Lipinski definition) is 6. The Morgan fingerprint density at radius 2 is 1.71 bits per heavy atom. The highest BCUT2D eigenvalue weighted by atomic mass is 32.2. The normalized spacial score (nSPS) is 10.1. The van der Waals surface area contributed by atoms with Crippen molar-refractivity contribution in [3.63, 3.8) is 0 Å². The first-order chi connectivity index (χ1) is 11.7. The van der Waals surface area contributed by atoms with Gasteiger partial charge in [-0.2, -0.15) is 10.5 Å². The van der Waals surface area contributed by atoms with Crippen LogP contribution in [0, 0.1) is 29.6 Å². The third-order valence-electron chi connectivity index (χ3n) is 3.37. The Labute approximate surface area is 145 Å². The van der Waals surface area contributed by atoms with E-state index >= 15 is 0 Å². The zero-order valence-electron chi connectivity index (χ0n) is 13.4. The van der Waals surface area contributed by atoms with Crippen molar-refractivity contribution in [2.75, 3.05) is 18.8 Å². The molecule has 0 unspecified atom stereocenters. The van der Waals surface area contributed by atoms with Gasteiger partial charge in [-0.15, -0.1) is 0 Å². The van der Waals surface area contributed by atoms with Crippen molar-refractivity contribution in [1.29, 1.82) is 10.5 Å². The molecule has 1 heterocycles. The number of hydrogen-bond donors (Lipinski definition) is 0. The van der Waals surface area contributed by atoms with Crippen LogP contribution in [0.5, 0.6) is 0 Å². The molecule has 2 rings (SSSR count). The van der Waals surface area contributed by atoms with Gasteiger partial charge in [-0.3, -0.25) is 4.79 Å². The average molecular weight is 339 g/mol. The lowest BCUT2D eigenvalue weighted by atomic mass is 10.3. The second-order valence-corrected chi connectivity index (χ2v) is 6.05. The number of aromatic nitrogens is 2. The molecule has 0 radical (unpaired) electrons. The van der Waals surface area contributed by atoms with E-state index in [1.807, 2.05) is 43.3 Å². The van der Waals surface area contributed by atoms with Crippen molar-refractivity contribution < 1.29 is 4.79 Å². The Morgan fingerprint density at radius 3 is 2.29 bits per heavy atom. The van der Waals surface area contributed by atoms with Crippen LogP contribution in [0.15, 0.2) is 29.3 Å². The highest BCUT2D eigenvalue weighted by Gasteiger charge is 2.15. The first kappa shape index (κ1) is 17.7. The van der Waals surface area contributed by atoms with Crippen LogP contribution in [0.1, 0.15) is 18.5 Å². The largest absolute Gasteiger partial charge is 0.340 e. The Kier molecular flexibility index (Phi) is 6.53. The maximum Gasteiger partial charge on any atom is 0.233 e. The topological polar surface area (TPSA) is 93.7 Å². The molecule has 6 nitrogen and oxygen atoms in total. The highest BCUT2D eigenvalue weighted by Crippen LogP contribution is 2.22. The number of benzene rings is 1. The van der Waals surface area contributed by atoms with Gasteiger partial charge in [0.05, 0.1) is 47.5 Å². The van der Waals surface area contributed by atoms with E-state index < -0.39 is 0 Å². The third-order valence-corrected chi connectivity index (χ3v) is 4.42. The summed E-state index contributed by atoms with van der Waals surface area (Å²) < 4.78 is 0. The Hall–Kier alpha value is -2.64. The molecule has 1 amide bonds. The number of nitrogens with zero attached hydrogens (tertiary/aromatic N) is 5. The summed E-state index contributed by atoms with van der Waals surface area (Å²) in [5, 5.41) is 18.1. The zero-order chi connectivity index (χ0) is 17.4. The molecule has 1 aromatic heterocycles. The number of nitriles is 2.